The van der Waals surface area contributed by atoms with Crippen LogP contribution in [0.1, 0.15) is 46.5 Å². The Kier molecular flexibility index (Phi) is 5.77. The molecule has 1 aliphatic rings. The number of benzene rings is 1. The molecule has 5 nitrogen and oxygen atoms in total. The minimum absolute atomic E-state index is 0.0911. The summed E-state index contributed by atoms with van der Waals surface area (Å²) in [6.07, 6.45) is 5.90. The predicted molar refractivity (Wildman–Crippen MR) is 104 cm³/mol. The average Bonchev–Trinajstić information content (AvgIpc) is 3.49. The van der Waals surface area contributed by atoms with Gasteiger partial charge in [0.05, 0.1) is 12.3 Å². The third kappa shape index (κ3) is 3.83. The van der Waals surface area contributed by atoms with E-state index in [1.807, 2.05) is 38.1 Å². The Morgan fingerprint density at radius 2 is 2.12 bits per heavy atom. The maximum atomic E-state index is 13.0. The number of unbranched alkanes of at least 4 members (excludes halogenated alkanes) is 1. The molecule has 0 saturated heterocycles. The van der Waals surface area contributed by atoms with Crippen molar-refractivity contribution in [3.63, 3.8) is 0 Å². The van der Waals surface area contributed by atoms with E-state index in [1.54, 1.807) is 6.20 Å². The molecule has 1 amide bonds. The van der Waals surface area contributed by atoms with Gasteiger partial charge in [0.2, 0.25) is 0 Å². The molecule has 0 radical (unpaired) electrons. The van der Waals surface area contributed by atoms with Crippen molar-refractivity contribution in [1.29, 1.82) is 0 Å². The maximum Gasteiger partial charge on any atom is 0.256 e. The van der Waals surface area contributed by atoms with Crippen molar-refractivity contribution in [3.05, 3.63) is 30.5 Å². The van der Waals surface area contributed by atoms with Crippen molar-refractivity contribution < 1.29 is 14.3 Å². The summed E-state index contributed by atoms with van der Waals surface area (Å²) in [6.45, 7) is 7.14. The molecule has 1 aromatic heterocycles. The third-order valence-corrected chi connectivity index (χ3v) is 4.99. The molecule has 0 aliphatic heterocycles. The Bertz CT molecular complexity index is 773. The summed E-state index contributed by atoms with van der Waals surface area (Å²) in [6, 6.07) is 7.61. The minimum atomic E-state index is -0.778. The largest absolute Gasteiger partial charge is 0.491 e. The molecule has 1 aromatic carbocycles. The van der Waals surface area contributed by atoms with Gasteiger partial charge in [-0.15, -0.1) is 0 Å². The van der Waals surface area contributed by atoms with Crippen molar-refractivity contribution in [3.8, 4) is 5.75 Å². The maximum absolute atomic E-state index is 13.0. The predicted octanol–water partition coefficient (Wildman–Crippen LogP) is 4.56. The first kappa shape index (κ1) is 18.6. The summed E-state index contributed by atoms with van der Waals surface area (Å²) in [5.41, 5.74) is 0.734. The minimum Gasteiger partial charge on any atom is -0.491 e. The van der Waals surface area contributed by atoms with Gasteiger partial charge in [-0.25, -0.2) is 0 Å². The lowest BCUT2D eigenvalue weighted by Gasteiger charge is -2.28. The number of rotatable bonds is 9. The van der Waals surface area contributed by atoms with Crippen LogP contribution in [0.25, 0.3) is 10.9 Å². The van der Waals surface area contributed by atoms with E-state index in [4.69, 9.17) is 9.47 Å². The summed E-state index contributed by atoms with van der Waals surface area (Å²) in [5.74, 6) is 0.956. The molecule has 1 saturated carbocycles. The molecule has 2 aromatic rings. The van der Waals surface area contributed by atoms with Gasteiger partial charge in [-0.2, -0.15) is 0 Å². The number of ether oxygens (including phenoxy) is 2. The van der Waals surface area contributed by atoms with E-state index in [9.17, 15) is 4.79 Å². The Balaban J connectivity index is 1.86. The fourth-order valence-electron chi connectivity index (χ4n) is 3.25. The van der Waals surface area contributed by atoms with E-state index in [-0.39, 0.29) is 5.91 Å². The summed E-state index contributed by atoms with van der Waals surface area (Å²) < 4.78 is 11.7. The van der Waals surface area contributed by atoms with Crippen LogP contribution in [-0.2, 0) is 9.53 Å². The van der Waals surface area contributed by atoms with Crippen LogP contribution in [-0.4, -0.2) is 29.7 Å². The first-order chi connectivity index (χ1) is 12.6. The van der Waals surface area contributed by atoms with E-state index in [0.29, 0.717) is 19.1 Å². The number of carbonyl (C=O) groups excluding carboxylic acids is 1. The van der Waals surface area contributed by atoms with Crippen molar-refractivity contribution in [2.24, 2.45) is 5.92 Å². The fraction of sp³-hybridized carbons (Fsp3) is 0.524. The van der Waals surface area contributed by atoms with Crippen molar-refractivity contribution in [2.45, 2.75) is 52.1 Å². The zero-order valence-electron chi connectivity index (χ0n) is 15.9. The Morgan fingerprint density at radius 3 is 2.81 bits per heavy atom. The number of hydrogen-bond acceptors (Lipinski definition) is 4. The Hall–Kier alpha value is -2.14. The van der Waals surface area contributed by atoms with Gasteiger partial charge in [0.25, 0.3) is 5.91 Å². The lowest BCUT2D eigenvalue weighted by Crippen LogP contribution is -2.44. The van der Waals surface area contributed by atoms with Gasteiger partial charge in [-0.1, -0.05) is 13.3 Å². The molecule has 140 valence electrons. The highest BCUT2D eigenvalue weighted by molar-refractivity contribution is 6.05. The molecular weight excluding hydrogens is 328 g/mol. The monoisotopic (exact) mass is 356 g/mol. The van der Waals surface area contributed by atoms with Gasteiger partial charge < -0.3 is 14.8 Å². The third-order valence-electron chi connectivity index (χ3n) is 4.99. The summed E-state index contributed by atoms with van der Waals surface area (Å²) in [4.78, 5) is 17.4. The second kappa shape index (κ2) is 8.04. The number of pyridine rings is 1. The number of nitrogens with zero attached hydrogens (tertiary/aromatic N) is 1. The highest BCUT2D eigenvalue weighted by Crippen LogP contribution is 2.43. The van der Waals surface area contributed by atoms with Gasteiger partial charge in [-0.3, -0.25) is 9.78 Å². The zero-order valence-corrected chi connectivity index (χ0v) is 15.9. The molecular formula is C21H28N2O3. The molecule has 0 bridgehead atoms. The molecule has 3 rings (SSSR count). The fourth-order valence-corrected chi connectivity index (χ4v) is 3.25. The van der Waals surface area contributed by atoms with Gasteiger partial charge in [0.1, 0.15) is 16.9 Å². The zero-order chi connectivity index (χ0) is 18.6. The molecule has 1 N–H and O–H groups in total. The van der Waals surface area contributed by atoms with Crippen LogP contribution in [0.15, 0.2) is 30.5 Å². The van der Waals surface area contributed by atoms with Crippen molar-refractivity contribution in [1.82, 2.24) is 4.98 Å². The smallest absolute Gasteiger partial charge is 0.256 e. The van der Waals surface area contributed by atoms with Crippen LogP contribution in [0.3, 0.4) is 0 Å². The van der Waals surface area contributed by atoms with Gasteiger partial charge in [-0.05, 0) is 63.3 Å². The highest BCUT2D eigenvalue weighted by atomic mass is 16.5. The molecule has 1 aliphatic carbocycles. The van der Waals surface area contributed by atoms with Crippen molar-refractivity contribution >= 4 is 22.5 Å². The van der Waals surface area contributed by atoms with E-state index in [0.717, 1.165) is 48.0 Å². The number of fused-ring (bicyclic) bond motifs is 1. The molecule has 1 fully saturated rings. The quantitative estimate of drug-likeness (QED) is 0.669. The van der Waals surface area contributed by atoms with Crippen LogP contribution in [0.2, 0.25) is 0 Å². The number of aromatic nitrogens is 1. The van der Waals surface area contributed by atoms with Crippen LogP contribution < -0.4 is 10.1 Å². The number of hydrogen-bond donors (Lipinski definition) is 1. The van der Waals surface area contributed by atoms with Gasteiger partial charge in [0.15, 0.2) is 0 Å². The van der Waals surface area contributed by atoms with E-state index in [2.05, 4.69) is 17.2 Å². The lowest BCUT2D eigenvalue weighted by atomic mass is 9.98. The molecule has 0 spiro atoms. The summed E-state index contributed by atoms with van der Waals surface area (Å²) >= 11 is 0. The Labute approximate surface area is 155 Å². The molecule has 1 atom stereocenters. The second-order valence-electron chi connectivity index (χ2n) is 6.98. The van der Waals surface area contributed by atoms with Gasteiger partial charge in [0, 0.05) is 18.2 Å². The van der Waals surface area contributed by atoms with Crippen LogP contribution in [0.4, 0.5) is 5.69 Å². The standard InChI is InChI=1S/C21H28N2O3/c1-4-6-14-25-18-12-11-17(16-8-7-13-22-19(16)18)23-20(24)21(3,26-5-2)15-9-10-15/h7-8,11-13,15H,4-6,9-10,14H2,1-3H3,(H,23,24)/t21-/m0/s1. The average molecular weight is 356 g/mol. The van der Waals surface area contributed by atoms with Crippen molar-refractivity contribution in [2.75, 3.05) is 18.5 Å². The van der Waals surface area contributed by atoms with Crippen LogP contribution >= 0.6 is 0 Å². The number of carbonyl (C=O) groups is 1. The van der Waals surface area contributed by atoms with E-state index in [1.165, 1.54) is 0 Å². The Morgan fingerprint density at radius 1 is 1.31 bits per heavy atom. The molecule has 26 heavy (non-hydrogen) atoms. The molecule has 5 heteroatoms. The molecule has 1 heterocycles. The lowest BCUT2D eigenvalue weighted by molar-refractivity contribution is -0.141. The SMILES string of the molecule is CCCCOc1ccc(NC(=O)[C@@](C)(OCC)C2CC2)c2cccnc12. The number of amides is 1. The first-order valence-electron chi connectivity index (χ1n) is 9.56. The molecule has 0 unspecified atom stereocenters. The number of anilines is 1. The first-order valence-corrected chi connectivity index (χ1v) is 9.56. The number of nitrogens with one attached hydrogen (secondary N) is 1. The topological polar surface area (TPSA) is 60.5 Å². The second-order valence-corrected chi connectivity index (χ2v) is 6.98. The van der Waals surface area contributed by atoms with Crippen LogP contribution in [0, 0.1) is 5.92 Å². The highest BCUT2D eigenvalue weighted by Gasteiger charge is 2.48. The van der Waals surface area contributed by atoms with Gasteiger partial charge >= 0.3 is 0 Å². The van der Waals surface area contributed by atoms with Crippen LogP contribution in [0.5, 0.6) is 5.75 Å². The summed E-state index contributed by atoms with van der Waals surface area (Å²) in [5, 5.41) is 3.95. The van der Waals surface area contributed by atoms with E-state index < -0.39 is 5.60 Å². The summed E-state index contributed by atoms with van der Waals surface area (Å²) in [7, 11) is 0. The van der Waals surface area contributed by atoms with E-state index >= 15 is 0 Å². The normalized spacial score (nSPS) is 16.3.